The number of rotatable bonds is 53. The number of aromatic amines is 1. The standard InChI is InChI=1S/C71H97F3N14O18/c1-95-62-47-78-69(65-64(62)59(46-77-65)66(92)71(94)86-16-9-54(10-17-86)58(45-75)53-7-3-2-4-8-53)88-52-79-68(81-88)70(93)76-12-5-14-85(57(49-89)50-90)15-6-13-83-18-20-84(21-19-83)22-25-97-28-31-100-39-40-104-41-42-105-51-56-48-87(82-80-56)23-26-98-29-32-101-34-36-103-38-37-102-35-33-99-30-27-96-24-11-63(91)106-67-60(73)43-55(72)44-61(67)74/h2-4,7-8,43-44,46-48,52,57,77,89-90H,5-6,9-42,49-51H2,1H3,(H,76,93). The Hall–Kier alpha value is -8.29. The zero-order chi connectivity index (χ0) is 74.9. The molecular formula is C71H97F3N14O18. The Balaban J connectivity index is 0.568. The number of likely N-dealkylation sites (tertiary alicyclic amines) is 1. The fourth-order valence-corrected chi connectivity index (χ4v) is 11.4. The first-order chi connectivity index (χ1) is 51.9. The van der Waals surface area contributed by atoms with Gasteiger partial charge in [0, 0.05) is 77.2 Å². The molecule has 32 nitrogen and oxygen atoms in total. The van der Waals surface area contributed by atoms with Crippen LogP contribution in [0.5, 0.6) is 11.5 Å². The summed E-state index contributed by atoms with van der Waals surface area (Å²) in [7, 11) is 1.43. The molecule has 4 N–H and O–H groups in total. The molecule has 106 heavy (non-hydrogen) atoms. The number of nitrogens with zero attached hydrogens (tertiary/aromatic N) is 12. The topological polar surface area (TPSA) is 358 Å². The van der Waals surface area contributed by atoms with Crippen molar-refractivity contribution in [3.05, 3.63) is 113 Å². The molecule has 2 saturated heterocycles. The lowest BCUT2D eigenvalue weighted by atomic mass is 9.93. The quantitative estimate of drug-likeness (QED) is 0.0106. The van der Waals surface area contributed by atoms with Crippen molar-refractivity contribution in [1.29, 1.82) is 5.26 Å². The monoisotopic (exact) mass is 1490 g/mol. The van der Waals surface area contributed by atoms with Crippen LogP contribution in [0.2, 0.25) is 0 Å². The second-order valence-corrected chi connectivity index (χ2v) is 24.4. The van der Waals surface area contributed by atoms with E-state index in [1.54, 1.807) is 4.68 Å². The predicted octanol–water partition coefficient (Wildman–Crippen LogP) is 3.09. The number of amides is 2. The fourth-order valence-electron chi connectivity index (χ4n) is 11.4. The van der Waals surface area contributed by atoms with E-state index in [0.717, 1.165) is 56.8 Å². The maximum absolute atomic E-state index is 13.9. The molecule has 580 valence electrons. The highest BCUT2D eigenvalue weighted by Crippen LogP contribution is 2.33. The van der Waals surface area contributed by atoms with Crippen LogP contribution in [-0.2, 0) is 70.1 Å². The number of fused-ring (bicyclic) bond motifs is 1. The molecule has 0 atom stereocenters. The Morgan fingerprint density at radius 1 is 0.689 bits per heavy atom. The van der Waals surface area contributed by atoms with E-state index in [2.05, 4.69) is 56.3 Å². The number of ketones is 1. The van der Waals surface area contributed by atoms with Crippen LogP contribution in [0.1, 0.15) is 64.3 Å². The first-order valence-electron chi connectivity index (χ1n) is 35.5. The predicted molar refractivity (Wildman–Crippen MR) is 374 cm³/mol. The number of benzene rings is 2. The normalized spacial score (nSPS) is 13.7. The molecule has 2 amide bonds. The number of ether oxygens (including phenoxy) is 12. The number of H-pyrrole nitrogens is 1. The highest BCUT2D eigenvalue weighted by molar-refractivity contribution is 6.45. The van der Waals surface area contributed by atoms with Gasteiger partial charge in [0.05, 0.1) is 212 Å². The van der Waals surface area contributed by atoms with E-state index < -0.39 is 52.8 Å². The summed E-state index contributed by atoms with van der Waals surface area (Å²) in [4.78, 5) is 72.7. The summed E-state index contributed by atoms with van der Waals surface area (Å²) in [5.74, 6) is -7.21. The van der Waals surface area contributed by atoms with E-state index >= 15 is 0 Å². The minimum absolute atomic E-state index is 0.0537. The van der Waals surface area contributed by atoms with Crippen molar-refractivity contribution in [2.24, 2.45) is 0 Å². The van der Waals surface area contributed by atoms with Gasteiger partial charge in [-0.05, 0) is 49.9 Å². The van der Waals surface area contributed by atoms with Crippen molar-refractivity contribution in [3.63, 3.8) is 0 Å². The summed E-state index contributed by atoms with van der Waals surface area (Å²) in [5, 5.41) is 46.0. The third kappa shape index (κ3) is 27.8. The molecule has 6 aromatic rings. The van der Waals surface area contributed by atoms with Crippen molar-refractivity contribution < 1.29 is 99.4 Å². The number of piperazine rings is 1. The van der Waals surface area contributed by atoms with Gasteiger partial charge in [-0.3, -0.25) is 29.0 Å². The van der Waals surface area contributed by atoms with Crippen LogP contribution >= 0.6 is 0 Å². The molecule has 2 fully saturated rings. The molecule has 8 rings (SSSR count). The number of allylic oxidation sites excluding steroid dienone is 1. The van der Waals surface area contributed by atoms with Crippen LogP contribution in [0.3, 0.4) is 0 Å². The summed E-state index contributed by atoms with van der Waals surface area (Å²) < 4.78 is 109. The van der Waals surface area contributed by atoms with Gasteiger partial charge >= 0.3 is 5.97 Å². The fraction of sp³-hybridized carbons (Fsp3) is 0.577. The van der Waals surface area contributed by atoms with E-state index in [1.165, 1.54) is 35.4 Å². The number of halogens is 3. The average molecular weight is 1490 g/mol. The average Bonchev–Trinajstić information content (AvgIpc) is 1.59. The van der Waals surface area contributed by atoms with Gasteiger partial charge in [-0.1, -0.05) is 35.5 Å². The summed E-state index contributed by atoms with van der Waals surface area (Å²) in [6.45, 7) is 14.9. The number of methoxy groups -OCH3 is 1. The van der Waals surface area contributed by atoms with Crippen LogP contribution in [0.15, 0.2) is 73.0 Å². The summed E-state index contributed by atoms with van der Waals surface area (Å²) in [5.41, 5.74) is 3.46. The molecule has 35 heteroatoms. The van der Waals surface area contributed by atoms with Crippen LogP contribution in [0.4, 0.5) is 13.2 Å². The molecule has 6 heterocycles. The van der Waals surface area contributed by atoms with Crippen molar-refractivity contribution in [2.45, 2.75) is 51.3 Å². The minimum atomic E-state index is -1.31. The highest BCUT2D eigenvalue weighted by Gasteiger charge is 2.31. The lowest BCUT2D eigenvalue weighted by Crippen LogP contribution is -2.48. The van der Waals surface area contributed by atoms with Crippen molar-refractivity contribution in [3.8, 4) is 23.4 Å². The first-order valence-corrected chi connectivity index (χ1v) is 35.5. The van der Waals surface area contributed by atoms with E-state index in [1.807, 2.05) is 41.4 Å². The van der Waals surface area contributed by atoms with Crippen LogP contribution in [0.25, 0.3) is 22.3 Å². The number of carbonyl (C=O) groups is 4. The maximum atomic E-state index is 13.9. The van der Waals surface area contributed by atoms with Crippen LogP contribution in [0, 0.1) is 28.8 Å². The molecule has 0 aliphatic carbocycles. The Morgan fingerprint density at radius 3 is 1.83 bits per heavy atom. The Bertz CT molecular complexity index is 3650. The Labute approximate surface area is 612 Å². The van der Waals surface area contributed by atoms with Gasteiger partial charge in [-0.2, -0.15) is 9.94 Å². The Morgan fingerprint density at radius 2 is 1.25 bits per heavy atom. The molecule has 4 aromatic heterocycles. The second kappa shape index (κ2) is 47.4. The maximum Gasteiger partial charge on any atom is 0.313 e. The third-order valence-corrected chi connectivity index (χ3v) is 17.1. The summed E-state index contributed by atoms with van der Waals surface area (Å²) >= 11 is 0. The number of pyridine rings is 1. The van der Waals surface area contributed by atoms with Gasteiger partial charge in [0.1, 0.15) is 23.6 Å². The van der Waals surface area contributed by atoms with Crippen LogP contribution < -0.4 is 14.8 Å². The van der Waals surface area contributed by atoms with Crippen LogP contribution in [-0.4, -0.2) is 317 Å². The number of aromatic nitrogens is 8. The van der Waals surface area contributed by atoms with E-state index in [-0.39, 0.29) is 82.0 Å². The second-order valence-electron chi connectivity index (χ2n) is 24.4. The van der Waals surface area contributed by atoms with Crippen molar-refractivity contribution >= 4 is 40.0 Å². The Kier molecular flexibility index (Phi) is 37.3. The molecule has 2 aliphatic heterocycles. The lowest BCUT2D eigenvalue weighted by molar-refractivity contribution is -0.136. The number of nitrogens with one attached hydrogen (secondary N) is 2. The van der Waals surface area contributed by atoms with Gasteiger partial charge in [0.2, 0.25) is 11.6 Å². The SMILES string of the molecule is COc1cnc(-n2cnc(C(=O)NCCCN(CCCN3CCN(CCOCCOCCOCCOCc4cn(CCOCCOCCOCCOCCOCCOCCC(=O)Oc5c(F)cc(F)cc5F)nn4)CC3)C(CO)CO)n2)c2[nH]cc(C(=O)C(=O)N3CCC(=C(C#N)c4ccccc4)CC3)c12. The third-order valence-electron chi connectivity index (χ3n) is 17.1. The summed E-state index contributed by atoms with van der Waals surface area (Å²) in [6.07, 6.45) is 8.00. The van der Waals surface area contributed by atoms with Gasteiger partial charge in [0.25, 0.3) is 17.6 Å². The number of piperidine rings is 1. The van der Waals surface area contributed by atoms with E-state index in [0.29, 0.717) is 186 Å². The number of carbonyl (C=O) groups excluding carboxylic acids is 4. The van der Waals surface area contributed by atoms with Crippen molar-refractivity contribution in [2.75, 3.05) is 218 Å². The van der Waals surface area contributed by atoms with Gasteiger partial charge in [-0.15, -0.1) is 10.2 Å². The lowest BCUT2D eigenvalue weighted by Gasteiger charge is -2.35. The van der Waals surface area contributed by atoms with Gasteiger partial charge in [-0.25, -0.2) is 27.8 Å². The van der Waals surface area contributed by atoms with Gasteiger partial charge in [0.15, 0.2) is 17.5 Å². The van der Waals surface area contributed by atoms with Gasteiger partial charge < -0.3 is 87.2 Å². The highest BCUT2D eigenvalue weighted by atomic mass is 19.1. The molecule has 2 aromatic carbocycles. The molecule has 0 unspecified atom stereocenters. The molecule has 0 spiro atoms. The number of Topliss-reactive ketones (excluding diaryl/α,β-unsaturated/α-hetero) is 1. The number of aliphatic hydroxyl groups excluding tert-OH is 2. The number of hydrogen-bond acceptors (Lipinski definition) is 27. The number of nitriles is 1. The smallest absolute Gasteiger partial charge is 0.313 e. The molecule has 0 saturated carbocycles. The van der Waals surface area contributed by atoms with E-state index in [9.17, 15) is 47.8 Å². The zero-order valence-electron chi connectivity index (χ0n) is 59.9. The first kappa shape index (κ1) is 83.3. The summed E-state index contributed by atoms with van der Waals surface area (Å²) in [6, 6.07) is 12.1. The number of aliphatic hydroxyl groups is 2. The molecule has 0 radical (unpaired) electrons. The molecular weight excluding hydrogens is 1390 g/mol. The van der Waals surface area contributed by atoms with Crippen molar-refractivity contribution in [1.82, 2.24) is 64.6 Å². The molecule has 2 aliphatic rings. The number of esters is 1. The van der Waals surface area contributed by atoms with E-state index in [4.69, 9.17) is 52.1 Å². The zero-order valence-corrected chi connectivity index (χ0v) is 59.9. The molecule has 0 bridgehead atoms. The largest absolute Gasteiger partial charge is 0.494 e. The minimum Gasteiger partial charge on any atom is -0.494 e. The number of hydrogen-bond donors (Lipinski definition) is 4.